The number of nitrogens with one attached hydrogen (secondary N) is 1. The zero-order valence-corrected chi connectivity index (χ0v) is 18.4. The number of carboxylic acids is 1. The average Bonchev–Trinajstić information content (AvgIpc) is 3.32. The van der Waals surface area contributed by atoms with E-state index in [9.17, 15) is 14.7 Å². The molecule has 0 saturated heterocycles. The van der Waals surface area contributed by atoms with E-state index in [4.69, 9.17) is 0 Å². The summed E-state index contributed by atoms with van der Waals surface area (Å²) in [5.41, 5.74) is 3.83. The molecule has 0 aliphatic heterocycles. The standard InChI is InChI=1S/C18H22BrN7O3/c1-9-15(19)11(3)24(22-9)8-25-12(4)16(10(2)23-25)21-17(27)13(5)26-14(18(28)29)6-7-20-26/h6-7,13H,8H2,1-5H3,(H,21,27)(H,28,29). The summed E-state index contributed by atoms with van der Waals surface area (Å²) in [4.78, 5) is 24.0. The Labute approximate surface area is 175 Å². The first-order valence-electron chi connectivity index (χ1n) is 8.93. The fraction of sp³-hybridized carbons (Fsp3) is 0.389. The van der Waals surface area contributed by atoms with Gasteiger partial charge in [0.1, 0.15) is 18.4 Å². The van der Waals surface area contributed by atoms with E-state index >= 15 is 0 Å². The fourth-order valence-corrected chi connectivity index (χ4v) is 3.37. The Morgan fingerprint density at radius 2 is 1.76 bits per heavy atom. The Kier molecular flexibility index (Phi) is 5.60. The highest BCUT2D eigenvalue weighted by Gasteiger charge is 2.24. The smallest absolute Gasteiger partial charge is 0.354 e. The van der Waals surface area contributed by atoms with Crippen LogP contribution in [-0.2, 0) is 11.5 Å². The number of hydrogen-bond donors (Lipinski definition) is 2. The molecule has 0 aliphatic carbocycles. The monoisotopic (exact) mass is 463 g/mol. The van der Waals surface area contributed by atoms with Crippen LogP contribution < -0.4 is 5.32 Å². The molecule has 0 fully saturated rings. The van der Waals surface area contributed by atoms with Gasteiger partial charge in [0, 0.05) is 6.20 Å². The maximum atomic E-state index is 12.7. The molecule has 0 radical (unpaired) electrons. The molecule has 1 unspecified atom stereocenters. The summed E-state index contributed by atoms with van der Waals surface area (Å²) in [6.07, 6.45) is 1.36. The number of hydrogen-bond acceptors (Lipinski definition) is 5. The highest BCUT2D eigenvalue weighted by Crippen LogP contribution is 2.23. The van der Waals surface area contributed by atoms with Crippen LogP contribution in [0.2, 0.25) is 0 Å². The van der Waals surface area contributed by atoms with Gasteiger partial charge >= 0.3 is 5.97 Å². The van der Waals surface area contributed by atoms with Crippen molar-refractivity contribution in [2.75, 3.05) is 5.32 Å². The van der Waals surface area contributed by atoms with Gasteiger partial charge in [-0.3, -0.25) is 4.79 Å². The molecule has 0 saturated carbocycles. The molecule has 0 aromatic carbocycles. The summed E-state index contributed by atoms with van der Waals surface area (Å²) >= 11 is 3.51. The molecule has 10 nitrogen and oxygen atoms in total. The van der Waals surface area contributed by atoms with Crippen LogP contribution in [0.4, 0.5) is 5.69 Å². The molecule has 0 bridgehead atoms. The summed E-state index contributed by atoms with van der Waals surface area (Å²) in [6.45, 7) is 9.54. The van der Waals surface area contributed by atoms with Crippen LogP contribution in [0.15, 0.2) is 16.7 Å². The minimum Gasteiger partial charge on any atom is -0.477 e. The van der Waals surface area contributed by atoms with Crippen molar-refractivity contribution in [2.45, 2.75) is 47.3 Å². The van der Waals surface area contributed by atoms with Crippen molar-refractivity contribution in [3.05, 3.63) is 45.2 Å². The number of aromatic carboxylic acids is 1. The highest BCUT2D eigenvalue weighted by atomic mass is 79.9. The number of aromatic nitrogens is 6. The van der Waals surface area contributed by atoms with E-state index in [2.05, 4.69) is 36.5 Å². The lowest BCUT2D eigenvalue weighted by Gasteiger charge is -2.14. The Morgan fingerprint density at radius 3 is 2.34 bits per heavy atom. The Bertz CT molecular complexity index is 1100. The van der Waals surface area contributed by atoms with E-state index in [1.165, 1.54) is 16.9 Å². The van der Waals surface area contributed by atoms with Crippen molar-refractivity contribution in [1.29, 1.82) is 0 Å². The van der Waals surface area contributed by atoms with Gasteiger partial charge in [0.05, 0.1) is 32.9 Å². The third kappa shape index (κ3) is 3.82. The van der Waals surface area contributed by atoms with E-state index in [1.807, 2.05) is 25.5 Å². The average molecular weight is 464 g/mol. The molecule has 0 aliphatic rings. The lowest BCUT2D eigenvalue weighted by molar-refractivity contribution is -0.119. The highest BCUT2D eigenvalue weighted by molar-refractivity contribution is 9.10. The number of amides is 1. The molecule has 3 aromatic heterocycles. The second-order valence-electron chi connectivity index (χ2n) is 6.80. The second-order valence-corrected chi connectivity index (χ2v) is 7.60. The number of rotatable bonds is 6. The van der Waals surface area contributed by atoms with Gasteiger partial charge < -0.3 is 10.4 Å². The molecule has 154 valence electrons. The van der Waals surface area contributed by atoms with Gasteiger partial charge in [-0.2, -0.15) is 15.3 Å². The first-order chi connectivity index (χ1) is 13.6. The van der Waals surface area contributed by atoms with Crippen molar-refractivity contribution in [3.8, 4) is 0 Å². The SMILES string of the molecule is Cc1nn(Cn2nc(C)c(NC(=O)C(C)n3nccc3C(=O)O)c2C)c(C)c1Br. The maximum Gasteiger partial charge on any atom is 0.354 e. The van der Waals surface area contributed by atoms with E-state index < -0.39 is 12.0 Å². The lowest BCUT2D eigenvalue weighted by atomic mass is 10.2. The van der Waals surface area contributed by atoms with Crippen LogP contribution in [0.1, 0.15) is 46.2 Å². The summed E-state index contributed by atoms with van der Waals surface area (Å²) < 4.78 is 5.73. The van der Waals surface area contributed by atoms with Gasteiger partial charge in [-0.05, 0) is 56.6 Å². The zero-order valence-electron chi connectivity index (χ0n) is 16.8. The van der Waals surface area contributed by atoms with Gasteiger partial charge in [-0.1, -0.05) is 0 Å². The molecule has 2 N–H and O–H groups in total. The normalized spacial score (nSPS) is 12.2. The van der Waals surface area contributed by atoms with Crippen LogP contribution >= 0.6 is 15.9 Å². The summed E-state index contributed by atoms with van der Waals surface area (Å²) in [6, 6.07) is 0.554. The van der Waals surface area contributed by atoms with E-state index in [0.29, 0.717) is 18.1 Å². The van der Waals surface area contributed by atoms with E-state index in [0.717, 1.165) is 21.6 Å². The largest absolute Gasteiger partial charge is 0.477 e. The summed E-state index contributed by atoms with van der Waals surface area (Å²) in [7, 11) is 0. The molecule has 11 heteroatoms. The van der Waals surface area contributed by atoms with Crippen LogP contribution in [0.25, 0.3) is 0 Å². The minimum atomic E-state index is -1.14. The van der Waals surface area contributed by atoms with Crippen LogP contribution in [-0.4, -0.2) is 46.3 Å². The maximum absolute atomic E-state index is 12.7. The lowest BCUT2D eigenvalue weighted by Crippen LogP contribution is -2.27. The molecule has 1 atom stereocenters. The number of anilines is 1. The first-order valence-corrected chi connectivity index (χ1v) is 9.72. The Balaban J connectivity index is 1.83. The number of carbonyl (C=O) groups excluding carboxylic acids is 1. The van der Waals surface area contributed by atoms with Gasteiger partial charge in [-0.15, -0.1) is 0 Å². The van der Waals surface area contributed by atoms with Gasteiger partial charge in [0.2, 0.25) is 5.91 Å². The Hall–Kier alpha value is -2.95. The predicted octanol–water partition coefficient (Wildman–Crippen LogP) is 2.68. The molecule has 3 heterocycles. The fourth-order valence-electron chi connectivity index (χ4n) is 3.09. The van der Waals surface area contributed by atoms with E-state index in [-0.39, 0.29) is 11.6 Å². The number of carboxylic acid groups (broad SMARTS) is 1. The molecule has 3 rings (SSSR count). The molecule has 0 spiro atoms. The Morgan fingerprint density at radius 1 is 1.14 bits per heavy atom. The van der Waals surface area contributed by atoms with Crippen molar-refractivity contribution in [1.82, 2.24) is 29.3 Å². The topological polar surface area (TPSA) is 120 Å². The van der Waals surface area contributed by atoms with Gasteiger partial charge in [-0.25, -0.2) is 18.8 Å². The number of carbonyl (C=O) groups is 2. The molecular weight excluding hydrogens is 442 g/mol. The second kappa shape index (κ2) is 7.82. The summed E-state index contributed by atoms with van der Waals surface area (Å²) in [5.74, 6) is -1.52. The predicted molar refractivity (Wildman–Crippen MR) is 109 cm³/mol. The van der Waals surface area contributed by atoms with Crippen molar-refractivity contribution in [2.24, 2.45) is 0 Å². The van der Waals surface area contributed by atoms with Gasteiger partial charge in [0.25, 0.3) is 0 Å². The third-order valence-electron chi connectivity index (χ3n) is 4.83. The van der Waals surface area contributed by atoms with Crippen LogP contribution in [0.3, 0.4) is 0 Å². The zero-order chi connectivity index (χ0) is 21.5. The van der Waals surface area contributed by atoms with Crippen LogP contribution in [0, 0.1) is 27.7 Å². The van der Waals surface area contributed by atoms with Gasteiger partial charge in [0.15, 0.2) is 0 Å². The van der Waals surface area contributed by atoms with Crippen molar-refractivity contribution in [3.63, 3.8) is 0 Å². The quantitative estimate of drug-likeness (QED) is 0.579. The van der Waals surface area contributed by atoms with Crippen molar-refractivity contribution >= 4 is 33.5 Å². The van der Waals surface area contributed by atoms with E-state index in [1.54, 1.807) is 18.5 Å². The molecule has 29 heavy (non-hydrogen) atoms. The number of halogens is 1. The van der Waals surface area contributed by atoms with Crippen LogP contribution in [0.5, 0.6) is 0 Å². The summed E-state index contributed by atoms with van der Waals surface area (Å²) in [5, 5.41) is 25.1. The first kappa shape index (κ1) is 20.8. The molecule has 1 amide bonds. The van der Waals surface area contributed by atoms with Crippen molar-refractivity contribution < 1.29 is 14.7 Å². The number of nitrogens with zero attached hydrogens (tertiary/aromatic N) is 6. The molecular formula is C18H22BrN7O3. The molecule has 3 aromatic rings. The minimum absolute atomic E-state index is 0.0492. The third-order valence-corrected chi connectivity index (χ3v) is 5.97. The number of aryl methyl sites for hydroxylation is 2.